The molecular weight excluding hydrogens is 300 g/mol. The normalized spacial score (nSPS) is 10.6. The van der Waals surface area contributed by atoms with Gasteiger partial charge in [0.2, 0.25) is 0 Å². The molecule has 0 fully saturated rings. The molecule has 0 spiro atoms. The summed E-state index contributed by atoms with van der Waals surface area (Å²) < 4.78 is 5.54. The zero-order valence-corrected chi connectivity index (χ0v) is 13.0. The first-order valence-electron chi connectivity index (χ1n) is 7.01. The van der Waals surface area contributed by atoms with Gasteiger partial charge >= 0.3 is 0 Å². The van der Waals surface area contributed by atoms with Crippen molar-refractivity contribution in [3.05, 3.63) is 64.7 Å². The fraction of sp³-hybridized carbons (Fsp3) is 0.176. The molecule has 1 amide bonds. The van der Waals surface area contributed by atoms with E-state index < -0.39 is 0 Å². The molecule has 114 valence electrons. The molecule has 0 bridgehead atoms. The number of hydrogen-bond acceptors (Lipinski definition) is 3. The summed E-state index contributed by atoms with van der Waals surface area (Å²) in [6.45, 7) is 2.72. The zero-order chi connectivity index (χ0) is 15.8. The third-order valence-corrected chi connectivity index (χ3v) is 3.16. The van der Waals surface area contributed by atoms with E-state index in [4.69, 9.17) is 16.3 Å². The van der Waals surface area contributed by atoms with Crippen molar-refractivity contribution in [2.75, 3.05) is 6.61 Å². The minimum atomic E-state index is -0.347. The first-order chi connectivity index (χ1) is 10.7. The second kappa shape index (κ2) is 8.20. The maximum atomic E-state index is 11.9. The number of halogens is 1. The minimum absolute atomic E-state index is 0.347. The number of rotatable bonds is 6. The van der Waals surface area contributed by atoms with E-state index >= 15 is 0 Å². The Morgan fingerprint density at radius 3 is 2.86 bits per heavy atom. The highest BCUT2D eigenvalue weighted by Gasteiger charge is 2.07. The van der Waals surface area contributed by atoms with E-state index in [1.807, 2.05) is 24.3 Å². The van der Waals surface area contributed by atoms with Gasteiger partial charge in [-0.15, -0.1) is 0 Å². The number of carbonyl (C=O) groups excluding carboxylic acids is 1. The lowest BCUT2D eigenvalue weighted by Gasteiger charge is -2.04. The molecular formula is C17H17ClN2O2. The first-order valence-corrected chi connectivity index (χ1v) is 7.39. The van der Waals surface area contributed by atoms with Crippen molar-refractivity contribution in [2.24, 2.45) is 5.10 Å². The summed E-state index contributed by atoms with van der Waals surface area (Å²) in [5, 5.41) is 4.34. The molecule has 0 heterocycles. The van der Waals surface area contributed by atoms with Crippen molar-refractivity contribution in [1.29, 1.82) is 0 Å². The van der Waals surface area contributed by atoms with Crippen LogP contribution in [0.15, 0.2) is 53.6 Å². The Balaban J connectivity index is 1.98. The third-order valence-electron chi connectivity index (χ3n) is 2.83. The Morgan fingerprint density at radius 2 is 2.09 bits per heavy atom. The van der Waals surface area contributed by atoms with Crippen LogP contribution in [0.1, 0.15) is 29.3 Å². The molecule has 0 aliphatic rings. The molecule has 0 radical (unpaired) electrons. The van der Waals surface area contributed by atoms with Gasteiger partial charge in [0, 0.05) is 0 Å². The Kier molecular flexibility index (Phi) is 5.98. The average Bonchev–Trinajstić information content (AvgIpc) is 2.53. The van der Waals surface area contributed by atoms with Crippen molar-refractivity contribution in [1.82, 2.24) is 5.43 Å². The van der Waals surface area contributed by atoms with Gasteiger partial charge in [0.25, 0.3) is 5.91 Å². The van der Waals surface area contributed by atoms with Gasteiger partial charge in [-0.05, 0) is 36.2 Å². The van der Waals surface area contributed by atoms with Crippen LogP contribution in [0, 0.1) is 0 Å². The summed E-state index contributed by atoms with van der Waals surface area (Å²) >= 11 is 5.96. The summed E-state index contributed by atoms with van der Waals surface area (Å²) in [4.78, 5) is 11.9. The summed E-state index contributed by atoms with van der Waals surface area (Å²) in [5.74, 6) is 0.434. The molecule has 2 rings (SSSR count). The van der Waals surface area contributed by atoms with Gasteiger partial charge in [-0.2, -0.15) is 5.10 Å². The van der Waals surface area contributed by atoms with Gasteiger partial charge in [-0.1, -0.05) is 42.8 Å². The van der Waals surface area contributed by atoms with Crippen LogP contribution in [0.25, 0.3) is 0 Å². The second-order valence-electron chi connectivity index (χ2n) is 4.60. The van der Waals surface area contributed by atoms with E-state index in [0.717, 1.165) is 17.7 Å². The Hall–Kier alpha value is -2.33. The van der Waals surface area contributed by atoms with E-state index in [1.165, 1.54) is 0 Å². The molecule has 2 aromatic rings. The molecule has 0 saturated carbocycles. The number of amides is 1. The Labute approximate surface area is 134 Å². The lowest BCUT2D eigenvalue weighted by Crippen LogP contribution is -2.17. The summed E-state index contributed by atoms with van der Waals surface area (Å²) in [6, 6.07) is 14.3. The molecule has 0 aliphatic carbocycles. The van der Waals surface area contributed by atoms with Crippen molar-refractivity contribution in [3.8, 4) is 5.75 Å². The van der Waals surface area contributed by atoms with Gasteiger partial charge in [0.1, 0.15) is 5.75 Å². The molecule has 0 saturated heterocycles. The van der Waals surface area contributed by atoms with Crippen LogP contribution in [0.4, 0.5) is 0 Å². The highest BCUT2D eigenvalue weighted by Crippen LogP contribution is 2.14. The van der Waals surface area contributed by atoms with Gasteiger partial charge in [-0.25, -0.2) is 5.43 Å². The summed E-state index contributed by atoms with van der Waals surface area (Å²) in [5.41, 5.74) is 3.69. The van der Waals surface area contributed by atoms with Crippen LogP contribution < -0.4 is 10.2 Å². The van der Waals surface area contributed by atoms with Crippen LogP contribution >= 0.6 is 11.6 Å². The highest BCUT2D eigenvalue weighted by atomic mass is 35.5. The lowest BCUT2D eigenvalue weighted by molar-refractivity contribution is 0.0955. The van der Waals surface area contributed by atoms with E-state index in [0.29, 0.717) is 17.2 Å². The van der Waals surface area contributed by atoms with Crippen LogP contribution in [0.3, 0.4) is 0 Å². The maximum Gasteiger partial charge on any atom is 0.272 e. The standard InChI is InChI=1S/C17H17ClN2O2/c1-2-10-22-14-7-5-6-13(11-14)12-19-20-17(21)15-8-3-4-9-16(15)18/h3-9,11-12H,2,10H2,1H3,(H,20,21)/b19-12-. The van der Waals surface area contributed by atoms with Gasteiger partial charge < -0.3 is 4.74 Å². The molecule has 0 aliphatic heterocycles. The minimum Gasteiger partial charge on any atom is -0.494 e. The van der Waals surface area contributed by atoms with Crippen molar-refractivity contribution < 1.29 is 9.53 Å². The van der Waals surface area contributed by atoms with E-state index in [-0.39, 0.29) is 5.91 Å². The molecule has 22 heavy (non-hydrogen) atoms. The number of hydrazone groups is 1. The van der Waals surface area contributed by atoms with Crippen molar-refractivity contribution in [2.45, 2.75) is 13.3 Å². The number of ether oxygens (including phenoxy) is 1. The van der Waals surface area contributed by atoms with E-state index in [2.05, 4.69) is 17.5 Å². The summed E-state index contributed by atoms with van der Waals surface area (Å²) in [7, 11) is 0. The fourth-order valence-corrected chi connectivity index (χ4v) is 2.00. The predicted molar refractivity (Wildman–Crippen MR) is 88.7 cm³/mol. The fourth-order valence-electron chi connectivity index (χ4n) is 1.78. The number of carbonyl (C=O) groups is 1. The number of nitrogens with one attached hydrogen (secondary N) is 1. The van der Waals surface area contributed by atoms with E-state index in [1.54, 1.807) is 30.5 Å². The van der Waals surface area contributed by atoms with Crippen LogP contribution in [0.5, 0.6) is 5.75 Å². The lowest BCUT2D eigenvalue weighted by atomic mass is 10.2. The van der Waals surface area contributed by atoms with Crippen molar-refractivity contribution in [3.63, 3.8) is 0 Å². The monoisotopic (exact) mass is 316 g/mol. The largest absolute Gasteiger partial charge is 0.494 e. The topological polar surface area (TPSA) is 50.7 Å². The van der Waals surface area contributed by atoms with Gasteiger partial charge in [-0.3, -0.25) is 4.79 Å². The van der Waals surface area contributed by atoms with Crippen molar-refractivity contribution >= 4 is 23.7 Å². The van der Waals surface area contributed by atoms with Crippen LogP contribution in [-0.2, 0) is 0 Å². The molecule has 4 nitrogen and oxygen atoms in total. The van der Waals surface area contributed by atoms with Gasteiger partial charge in [0.15, 0.2) is 0 Å². The smallest absolute Gasteiger partial charge is 0.272 e. The highest BCUT2D eigenvalue weighted by molar-refractivity contribution is 6.33. The van der Waals surface area contributed by atoms with E-state index in [9.17, 15) is 4.79 Å². The first kappa shape index (κ1) is 16.0. The molecule has 0 unspecified atom stereocenters. The molecule has 2 aromatic carbocycles. The number of hydrogen-bond donors (Lipinski definition) is 1. The predicted octanol–water partition coefficient (Wildman–Crippen LogP) is 3.89. The third kappa shape index (κ3) is 4.60. The maximum absolute atomic E-state index is 11.9. The Morgan fingerprint density at radius 1 is 1.27 bits per heavy atom. The SMILES string of the molecule is CCCOc1cccc(/C=N\NC(=O)c2ccccc2Cl)c1. The Bertz CT molecular complexity index is 671. The second-order valence-corrected chi connectivity index (χ2v) is 5.01. The summed E-state index contributed by atoms with van der Waals surface area (Å²) in [6.07, 6.45) is 2.51. The quantitative estimate of drug-likeness (QED) is 0.649. The van der Waals surface area contributed by atoms with Crippen LogP contribution in [-0.4, -0.2) is 18.7 Å². The number of nitrogens with zero attached hydrogens (tertiary/aromatic N) is 1. The van der Waals surface area contributed by atoms with Gasteiger partial charge in [0.05, 0.1) is 23.4 Å². The molecule has 0 atom stereocenters. The zero-order valence-electron chi connectivity index (χ0n) is 12.3. The molecule has 0 aromatic heterocycles. The number of benzene rings is 2. The molecule has 1 N–H and O–H groups in total. The van der Waals surface area contributed by atoms with Crippen LogP contribution in [0.2, 0.25) is 5.02 Å². The molecule has 5 heteroatoms. The average molecular weight is 317 g/mol.